The molecule has 2 saturated heterocycles. The molecular weight excluding hydrogens is 423 g/mol. The molecule has 2 amide bonds. The van der Waals surface area contributed by atoms with Gasteiger partial charge in [0.15, 0.2) is 9.84 Å². The van der Waals surface area contributed by atoms with E-state index in [4.69, 9.17) is 4.74 Å². The van der Waals surface area contributed by atoms with Gasteiger partial charge in [0.1, 0.15) is 0 Å². The van der Waals surface area contributed by atoms with E-state index < -0.39 is 33.6 Å². The lowest BCUT2D eigenvalue weighted by Crippen LogP contribution is -2.45. The maximum atomic E-state index is 12.9. The first-order chi connectivity index (χ1) is 14.1. The fraction of sp³-hybridized carbons (Fsp3) is 0.632. The Balaban J connectivity index is 1.66. The van der Waals surface area contributed by atoms with E-state index in [0.29, 0.717) is 32.6 Å². The average Bonchev–Trinajstić information content (AvgIpc) is 3.05. The molecule has 2 aliphatic heterocycles. The van der Waals surface area contributed by atoms with Crippen LogP contribution in [0.1, 0.15) is 18.4 Å². The molecule has 11 heteroatoms. The number of carbonyl (C=O) groups excluding carboxylic acids is 1. The van der Waals surface area contributed by atoms with Gasteiger partial charge in [-0.25, -0.2) is 13.2 Å². The maximum absolute atomic E-state index is 12.9. The van der Waals surface area contributed by atoms with Crippen LogP contribution in [0.15, 0.2) is 24.3 Å². The maximum Gasteiger partial charge on any atom is 0.416 e. The number of amides is 2. The quantitative estimate of drug-likeness (QED) is 0.722. The second-order valence-electron chi connectivity index (χ2n) is 7.57. The number of carbonyl (C=O) groups is 1. The second kappa shape index (κ2) is 9.52. The highest BCUT2D eigenvalue weighted by atomic mass is 32.2. The van der Waals surface area contributed by atoms with Crippen molar-refractivity contribution in [2.45, 2.75) is 25.1 Å². The highest BCUT2D eigenvalue weighted by Crippen LogP contribution is 2.31. The standard InChI is InChI=1S/C19H26F3N3O4S/c20-19(21,22)15-3-1-4-16(13-15)23-18(26)25(17-5-12-30(27,28)14-17)7-2-6-24-8-10-29-11-9-24/h1,3-4,13,17H,2,5-12,14H2,(H,23,26)/t17-/m0/s1. The minimum Gasteiger partial charge on any atom is -0.379 e. The molecule has 0 radical (unpaired) electrons. The van der Waals surface area contributed by atoms with E-state index in [2.05, 4.69) is 10.2 Å². The molecule has 1 aromatic carbocycles. The van der Waals surface area contributed by atoms with Crippen molar-refractivity contribution in [3.8, 4) is 0 Å². The van der Waals surface area contributed by atoms with Gasteiger partial charge in [-0.3, -0.25) is 4.90 Å². The molecule has 0 spiro atoms. The zero-order valence-corrected chi connectivity index (χ0v) is 17.3. The van der Waals surface area contributed by atoms with Crippen molar-refractivity contribution in [1.29, 1.82) is 0 Å². The Morgan fingerprint density at radius 1 is 1.27 bits per heavy atom. The lowest BCUT2D eigenvalue weighted by atomic mass is 10.2. The molecule has 0 aromatic heterocycles. The Morgan fingerprint density at radius 2 is 2.00 bits per heavy atom. The Morgan fingerprint density at radius 3 is 2.63 bits per heavy atom. The highest BCUT2D eigenvalue weighted by Gasteiger charge is 2.35. The van der Waals surface area contributed by atoms with Crippen LogP contribution in [0.25, 0.3) is 0 Å². The lowest BCUT2D eigenvalue weighted by molar-refractivity contribution is -0.137. The van der Waals surface area contributed by atoms with Gasteiger partial charge in [-0.1, -0.05) is 6.07 Å². The van der Waals surface area contributed by atoms with Crippen molar-refractivity contribution in [1.82, 2.24) is 9.80 Å². The Labute approximate surface area is 174 Å². The molecule has 1 atom stereocenters. The van der Waals surface area contributed by atoms with E-state index in [1.165, 1.54) is 17.0 Å². The first-order valence-corrected chi connectivity index (χ1v) is 11.7. The van der Waals surface area contributed by atoms with Crippen LogP contribution in [0.4, 0.5) is 23.7 Å². The number of hydrogen-bond acceptors (Lipinski definition) is 5. The number of rotatable bonds is 6. The van der Waals surface area contributed by atoms with Crippen LogP contribution in [0.3, 0.4) is 0 Å². The Bertz CT molecular complexity index is 842. The summed E-state index contributed by atoms with van der Waals surface area (Å²) in [6.45, 7) is 3.96. The molecule has 1 N–H and O–H groups in total. The first kappa shape index (κ1) is 22.8. The second-order valence-corrected chi connectivity index (χ2v) is 9.80. The van der Waals surface area contributed by atoms with Crippen molar-refractivity contribution < 1.29 is 31.1 Å². The largest absolute Gasteiger partial charge is 0.416 e. The summed E-state index contributed by atoms with van der Waals surface area (Å²) >= 11 is 0. The predicted molar refractivity (Wildman–Crippen MR) is 106 cm³/mol. The SMILES string of the molecule is O=C(Nc1cccc(C(F)(F)F)c1)N(CCCN1CCOCC1)[C@H]1CCS(=O)(=O)C1. The van der Waals surface area contributed by atoms with Crippen LogP contribution in [0.2, 0.25) is 0 Å². The average molecular weight is 449 g/mol. The lowest BCUT2D eigenvalue weighted by Gasteiger charge is -2.31. The first-order valence-electron chi connectivity index (χ1n) is 9.89. The number of urea groups is 1. The molecule has 2 fully saturated rings. The van der Waals surface area contributed by atoms with Gasteiger partial charge in [0, 0.05) is 37.9 Å². The summed E-state index contributed by atoms with van der Waals surface area (Å²) in [6, 6.07) is 3.34. The number of halogens is 3. The third-order valence-electron chi connectivity index (χ3n) is 5.33. The van der Waals surface area contributed by atoms with Crippen molar-refractivity contribution in [3.05, 3.63) is 29.8 Å². The summed E-state index contributed by atoms with van der Waals surface area (Å²) in [5.74, 6) is -0.116. The minimum atomic E-state index is -4.52. The topological polar surface area (TPSA) is 79.0 Å². The third-order valence-corrected chi connectivity index (χ3v) is 7.08. The number of morpholine rings is 1. The summed E-state index contributed by atoms with van der Waals surface area (Å²) < 4.78 is 67.9. The van der Waals surface area contributed by atoms with Gasteiger partial charge >= 0.3 is 12.2 Å². The summed E-state index contributed by atoms with van der Waals surface area (Å²) in [6.07, 6.45) is -3.55. The monoisotopic (exact) mass is 449 g/mol. The number of benzene rings is 1. The van der Waals surface area contributed by atoms with Gasteiger partial charge in [0.05, 0.1) is 30.3 Å². The fourth-order valence-corrected chi connectivity index (χ4v) is 5.46. The molecule has 30 heavy (non-hydrogen) atoms. The molecule has 0 saturated carbocycles. The molecule has 3 rings (SSSR count). The van der Waals surface area contributed by atoms with Gasteiger partial charge in [0.25, 0.3) is 0 Å². The number of anilines is 1. The van der Waals surface area contributed by atoms with Gasteiger partial charge in [0.2, 0.25) is 0 Å². The van der Waals surface area contributed by atoms with E-state index in [-0.39, 0.29) is 17.2 Å². The van der Waals surface area contributed by atoms with Crippen LogP contribution in [-0.4, -0.2) is 81.2 Å². The van der Waals surface area contributed by atoms with E-state index in [0.717, 1.165) is 31.8 Å². The normalized spacial score (nSPS) is 22.0. The van der Waals surface area contributed by atoms with E-state index in [9.17, 15) is 26.4 Å². The number of nitrogens with one attached hydrogen (secondary N) is 1. The van der Waals surface area contributed by atoms with Crippen LogP contribution in [0, 0.1) is 0 Å². The summed E-state index contributed by atoms with van der Waals surface area (Å²) in [5.41, 5.74) is -0.837. The molecule has 7 nitrogen and oxygen atoms in total. The number of ether oxygens (including phenoxy) is 1. The molecule has 168 valence electrons. The number of nitrogens with zero attached hydrogens (tertiary/aromatic N) is 2. The van der Waals surface area contributed by atoms with Crippen LogP contribution < -0.4 is 5.32 Å². The fourth-order valence-electron chi connectivity index (χ4n) is 3.73. The predicted octanol–water partition coefficient (Wildman–Crippen LogP) is 2.45. The van der Waals surface area contributed by atoms with Gasteiger partial charge in [-0.15, -0.1) is 0 Å². The Hall–Kier alpha value is -1.85. The molecule has 0 aliphatic carbocycles. The zero-order valence-electron chi connectivity index (χ0n) is 16.5. The van der Waals surface area contributed by atoms with E-state index in [1.807, 2.05) is 0 Å². The number of hydrogen-bond donors (Lipinski definition) is 1. The summed E-state index contributed by atoms with van der Waals surface area (Å²) in [4.78, 5) is 16.5. The highest BCUT2D eigenvalue weighted by molar-refractivity contribution is 7.91. The third kappa shape index (κ3) is 6.32. The van der Waals surface area contributed by atoms with Gasteiger partial charge in [-0.2, -0.15) is 13.2 Å². The van der Waals surface area contributed by atoms with Crippen molar-refractivity contribution in [3.63, 3.8) is 0 Å². The summed E-state index contributed by atoms with van der Waals surface area (Å²) in [7, 11) is -3.22. The van der Waals surface area contributed by atoms with Gasteiger partial charge in [-0.05, 0) is 31.0 Å². The van der Waals surface area contributed by atoms with Crippen LogP contribution >= 0.6 is 0 Å². The molecule has 2 heterocycles. The van der Waals surface area contributed by atoms with E-state index >= 15 is 0 Å². The van der Waals surface area contributed by atoms with E-state index in [1.54, 1.807) is 0 Å². The molecule has 0 bridgehead atoms. The molecule has 0 unspecified atom stereocenters. The van der Waals surface area contributed by atoms with Gasteiger partial charge < -0.3 is 15.0 Å². The van der Waals surface area contributed by atoms with Crippen LogP contribution in [-0.2, 0) is 20.8 Å². The minimum absolute atomic E-state index is 0.00840. The van der Waals surface area contributed by atoms with Crippen molar-refractivity contribution >= 4 is 21.6 Å². The molecular formula is C19H26F3N3O4S. The van der Waals surface area contributed by atoms with Crippen molar-refractivity contribution in [2.24, 2.45) is 0 Å². The summed E-state index contributed by atoms with van der Waals surface area (Å²) in [5, 5.41) is 2.51. The smallest absolute Gasteiger partial charge is 0.379 e. The number of alkyl halides is 3. The zero-order chi connectivity index (χ0) is 21.8. The molecule has 2 aliphatic rings. The molecule has 1 aromatic rings. The Kier molecular flexibility index (Phi) is 7.25. The van der Waals surface area contributed by atoms with Crippen molar-refractivity contribution in [2.75, 3.05) is 56.2 Å². The number of sulfone groups is 1. The van der Waals surface area contributed by atoms with Crippen LogP contribution in [0.5, 0.6) is 0 Å².